The van der Waals surface area contributed by atoms with E-state index in [9.17, 15) is 18.0 Å². The quantitative estimate of drug-likeness (QED) is 0.385. The van der Waals surface area contributed by atoms with Crippen molar-refractivity contribution in [3.8, 4) is 0 Å². The minimum atomic E-state index is -4.80. The molecule has 2 aliphatic heterocycles. The van der Waals surface area contributed by atoms with Gasteiger partial charge in [0.05, 0.1) is 0 Å². The zero-order valence-corrected chi connectivity index (χ0v) is 8.60. The second-order valence-electron chi connectivity index (χ2n) is 3.57. The van der Waals surface area contributed by atoms with Crippen LogP contribution in [-0.2, 0) is 19.1 Å². The van der Waals surface area contributed by atoms with E-state index < -0.39 is 30.5 Å². The van der Waals surface area contributed by atoms with Gasteiger partial charge in [0.2, 0.25) is 0 Å². The average Bonchev–Trinajstić information content (AvgIpc) is 2.45. The summed E-state index contributed by atoms with van der Waals surface area (Å²) in [7, 11) is -4.80. The van der Waals surface area contributed by atoms with Crippen LogP contribution in [0.3, 0.4) is 0 Å². The Morgan fingerprint density at radius 1 is 1.29 bits per heavy atom. The number of carbonyl (C=O) groups is 2. The molecule has 0 radical (unpaired) electrons. The van der Waals surface area contributed by atoms with Gasteiger partial charge in [0, 0.05) is 0 Å². The van der Waals surface area contributed by atoms with Gasteiger partial charge in [0.1, 0.15) is 0 Å². The Morgan fingerprint density at radius 2 is 1.79 bits per heavy atom. The number of halogens is 2. The molecule has 0 bridgehead atoms. The van der Waals surface area contributed by atoms with Crippen molar-refractivity contribution in [3.05, 3.63) is 0 Å². The van der Waals surface area contributed by atoms with E-state index in [0.29, 0.717) is 0 Å². The molecule has 80 valence electrons. The van der Waals surface area contributed by atoms with Crippen molar-refractivity contribution in [1.29, 1.82) is 0 Å². The third-order valence-electron chi connectivity index (χ3n) is 3.04. The van der Waals surface area contributed by atoms with Crippen molar-refractivity contribution in [1.82, 2.24) is 0 Å². The molecule has 0 spiro atoms. The zero-order chi connectivity index (χ0) is 10.8. The van der Waals surface area contributed by atoms with E-state index in [1.807, 2.05) is 0 Å². The van der Waals surface area contributed by atoms with Gasteiger partial charge in [-0.1, -0.05) is 0 Å². The number of hydrogen-bond acceptors (Lipinski definition) is 4. The standard InChI is InChI=1S/C7H9F2O4P/c1-3-7-6(2,14(7,8)9)12-4(10)5(11)13-7/h14H,3H2,1-2H3/t6-,7?/m0/s1. The van der Waals surface area contributed by atoms with E-state index in [1.54, 1.807) is 0 Å². The van der Waals surface area contributed by atoms with E-state index in [1.165, 1.54) is 6.92 Å². The molecule has 0 N–H and O–H groups in total. The van der Waals surface area contributed by atoms with Crippen molar-refractivity contribution in [2.24, 2.45) is 0 Å². The van der Waals surface area contributed by atoms with E-state index in [0.717, 1.165) is 6.92 Å². The first-order valence-electron chi connectivity index (χ1n) is 4.16. The average molecular weight is 226 g/mol. The fraction of sp³-hybridized carbons (Fsp3) is 0.714. The predicted molar refractivity (Wildman–Crippen MR) is 44.1 cm³/mol. The van der Waals surface area contributed by atoms with Gasteiger partial charge in [-0.05, 0) is 0 Å². The van der Waals surface area contributed by atoms with Crippen molar-refractivity contribution in [2.75, 3.05) is 0 Å². The van der Waals surface area contributed by atoms with Crippen molar-refractivity contribution >= 4 is 19.8 Å². The molecular formula is C7H9F2O4P. The molecule has 2 atom stereocenters. The van der Waals surface area contributed by atoms with Crippen LogP contribution in [0, 0.1) is 0 Å². The van der Waals surface area contributed by atoms with Crippen LogP contribution in [0.15, 0.2) is 0 Å². The molecule has 0 aromatic carbocycles. The van der Waals surface area contributed by atoms with E-state index >= 15 is 0 Å². The van der Waals surface area contributed by atoms with Gasteiger partial charge in [0.25, 0.3) is 0 Å². The second-order valence-corrected chi connectivity index (χ2v) is 6.48. The molecule has 0 amide bonds. The Hall–Kier alpha value is -0.770. The topological polar surface area (TPSA) is 52.6 Å². The molecule has 0 aromatic heterocycles. The maximum absolute atomic E-state index is 13.5. The Labute approximate surface area is 79.1 Å². The summed E-state index contributed by atoms with van der Waals surface area (Å²) < 4.78 is 35.9. The van der Waals surface area contributed by atoms with Crippen molar-refractivity contribution in [2.45, 2.75) is 31.0 Å². The fourth-order valence-electron chi connectivity index (χ4n) is 2.01. The van der Waals surface area contributed by atoms with Crippen LogP contribution in [0.1, 0.15) is 20.3 Å². The number of esters is 2. The molecule has 7 heteroatoms. The number of carbonyl (C=O) groups excluding carboxylic acids is 2. The SMILES string of the molecule is CCC12OC(=O)C(=O)O[C@@]1(C)[PH]2(F)F. The Bertz CT molecular complexity index is 345. The molecule has 0 aromatic rings. The van der Waals surface area contributed by atoms with Crippen LogP contribution >= 0.6 is 7.88 Å². The maximum atomic E-state index is 13.5. The summed E-state index contributed by atoms with van der Waals surface area (Å²) in [5.74, 6) is -2.63. The van der Waals surface area contributed by atoms with Gasteiger partial charge >= 0.3 is 78.2 Å². The van der Waals surface area contributed by atoms with Crippen LogP contribution < -0.4 is 0 Å². The van der Waals surface area contributed by atoms with Gasteiger partial charge in [-0.15, -0.1) is 0 Å². The number of rotatable bonds is 1. The number of fused-ring (bicyclic) bond motifs is 1. The summed E-state index contributed by atoms with van der Waals surface area (Å²) >= 11 is 0. The summed E-state index contributed by atoms with van der Waals surface area (Å²) in [6.45, 7) is 2.62. The molecule has 1 unspecified atom stereocenters. The second kappa shape index (κ2) is 2.24. The monoisotopic (exact) mass is 226 g/mol. The molecule has 14 heavy (non-hydrogen) atoms. The first-order chi connectivity index (χ1) is 6.32. The molecule has 2 aliphatic rings. The summed E-state index contributed by atoms with van der Waals surface area (Å²) in [4.78, 5) is 21.6. The van der Waals surface area contributed by atoms with Gasteiger partial charge in [-0.3, -0.25) is 0 Å². The molecule has 2 heterocycles. The van der Waals surface area contributed by atoms with Crippen LogP contribution in [0.5, 0.6) is 0 Å². The molecule has 0 saturated carbocycles. The molecule has 4 nitrogen and oxygen atoms in total. The fourth-order valence-corrected chi connectivity index (χ4v) is 4.73. The molecular weight excluding hydrogens is 217 g/mol. The zero-order valence-electron chi connectivity index (χ0n) is 7.60. The summed E-state index contributed by atoms with van der Waals surface area (Å²) in [5, 5.41) is -3.66. The van der Waals surface area contributed by atoms with Gasteiger partial charge in [-0.25, -0.2) is 0 Å². The van der Waals surface area contributed by atoms with Gasteiger partial charge < -0.3 is 0 Å². The first-order valence-corrected chi connectivity index (χ1v) is 5.92. The number of ether oxygens (including phenoxy) is 2. The molecule has 0 aliphatic carbocycles. The van der Waals surface area contributed by atoms with E-state index in [2.05, 4.69) is 9.47 Å². The molecule has 2 rings (SSSR count). The number of hydrogen-bond donors (Lipinski definition) is 0. The van der Waals surface area contributed by atoms with Crippen molar-refractivity contribution < 1.29 is 27.5 Å². The first kappa shape index (κ1) is 9.77. The van der Waals surface area contributed by atoms with E-state index in [-0.39, 0.29) is 6.42 Å². The third-order valence-corrected chi connectivity index (χ3v) is 6.44. The Morgan fingerprint density at radius 3 is 2.29 bits per heavy atom. The van der Waals surface area contributed by atoms with Gasteiger partial charge in [-0.2, -0.15) is 0 Å². The van der Waals surface area contributed by atoms with Crippen LogP contribution in [0.4, 0.5) is 8.39 Å². The van der Waals surface area contributed by atoms with E-state index in [4.69, 9.17) is 0 Å². The normalized spacial score (nSPS) is 46.0. The Kier molecular flexibility index (Phi) is 1.56. The van der Waals surface area contributed by atoms with Crippen molar-refractivity contribution in [3.63, 3.8) is 0 Å². The third kappa shape index (κ3) is 0.691. The van der Waals surface area contributed by atoms with Crippen LogP contribution in [0.2, 0.25) is 0 Å². The summed E-state index contributed by atoms with van der Waals surface area (Å²) in [5.41, 5.74) is 0. The summed E-state index contributed by atoms with van der Waals surface area (Å²) in [6, 6.07) is 0. The van der Waals surface area contributed by atoms with Crippen LogP contribution in [-0.4, -0.2) is 22.6 Å². The van der Waals surface area contributed by atoms with Gasteiger partial charge in [0.15, 0.2) is 0 Å². The summed E-state index contributed by atoms with van der Waals surface area (Å²) in [6.07, 6.45) is -0.0260. The Balaban J connectivity index is 2.43. The van der Waals surface area contributed by atoms with Crippen LogP contribution in [0.25, 0.3) is 0 Å². The molecule has 2 saturated heterocycles. The minimum absolute atomic E-state index is 0.0260. The molecule has 2 fully saturated rings. The predicted octanol–water partition coefficient (Wildman–Crippen LogP) is 1.44.